The topological polar surface area (TPSA) is 78.9 Å². The molecule has 0 spiro atoms. The summed E-state index contributed by atoms with van der Waals surface area (Å²) in [6.45, 7) is 6.34. The number of rotatable bonds is 63. The van der Waals surface area contributed by atoms with E-state index in [0.717, 1.165) is 109 Å². The van der Waals surface area contributed by atoms with Crippen molar-refractivity contribution in [2.75, 3.05) is 13.2 Å². The maximum atomic E-state index is 12.9. The monoisotopic (exact) mass is 1150 g/mol. The first kappa shape index (κ1) is 78.8. The van der Waals surface area contributed by atoms with Crippen molar-refractivity contribution in [2.24, 2.45) is 0 Å². The van der Waals surface area contributed by atoms with Crippen LogP contribution in [0.25, 0.3) is 0 Å². The van der Waals surface area contributed by atoms with Crippen LogP contribution in [-0.2, 0) is 28.6 Å². The summed E-state index contributed by atoms with van der Waals surface area (Å²) in [5.74, 6) is -1.05. The van der Waals surface area contributed by atoms with E-state index in [1.54, 1.807) is 6.08 Å². The lowest BCUT2D eigenvalue weighted by molar-refractivity contribution is -0.166. The van der Waals surface area contributed by atoms with Gasteiger partial charge in [-0.15, -0.1) is 0 Å². The molecule has 0 saturated heterocycles. The maximum absolute atomic E-state index is 12.9. The summed E-state index contributed by atoms with van der Waals surface area (Å²) in [4.78, 5) is 38.3. The molecule has 0 aromatic carbocycles. The first-order valence-corrected chi connectivity index (χ1v) is 35.0. The highest BCUT2D eigenvalue weighted by atomic mass is 16.6. The van der Waals surface area contributed by atoms with Crippen molar-refractivity contribution < 1.29 is 28.6 Å². The van der Waals surface area contributed by atoms with Gasteiger partial charge in [-0.25, -0.2) is 0 Å². The Morgan fingerprint density at radius 2 is 0.518 bits per heavy atom. The Morgan fingerprint density at radius 3 is 0.843 bits per heavy atom. The van der Waals surface area contributed by atoms with Crippen LogP contribution in [0.15, 0.2) is 122 Å². The van der Waals surface area contributed by atoms with Crippen LogP contribution in [0.4, 0.5) is 0 Å². The molecule has 1 unspecified atom stereocenters. The molecular formula is C77H130O6. The lowest BCUT2D eigenvalue weighted by Crippen LogP contribution is -2.30. The highest BCUT2D eigenvalue weighted by Crippen LogP contribution is 2.17. The molecule has 83 heavy (non-hydrogen) atoms. The number of ether oxygens (including phenoxy) is 3. The minimum atomic E-state index is -0.826. The molecule has 6 heteroatoms. The number of carbonyl (C=O) groups excluding carboxylic acids is 3. The Hall–Kier alpha value is -4.19. The molecule has 0 radical (unpaired) electrons. The predicted octanol–water partition coefficient (Wildman–Crippen LogP) is 24.3. The summed E-state index contributed by atoms with van der Waals surface area (Å²) in [6.07, 6.45) is 98.4. The molecular weight excluding hydrogens is 1020 g/mol. The first-order chi connectivity index (χ1) is 41.0. The summed E-state index contributed by atoms with van der Waals surface area (Å²) >= 11 is 0. The Labute approximate surface area is 513 Å². The second-order valence-electron chi connectivity index (χ2n) is 23.0. The molecule has 6 nitrogen and oxygen atoms in total. The van der Waals surface area contributed by atoms with E-state index in [2.05, 4.69) is 130 Å². The van der Waals surface area contributed by atoms with Crippen molar-refractivity contribution in [1.29, 1.82) is 0 Å². The fraction of sp³-hybridized carbons (Fsp3) is 0.701. The quantitative estimate of drug-likeness (QED) is 0.0261. The second kappa shape index (κ2) is 70.3. The lowest BCUT2D eigenvalue weighted by Gasteiger charge is -2.18. The van der Waals surface area contributed by atoms with E-state index in [1.165, 1.54) is 180 Å². The van der Waals surface area contributed by atoms with Gasteiger partial charge in [-0.2, -0.15) is 0 Å². The number of allylic oxidation sites excluding steroid dienone is 19. The number of hydrogen-bond donors (Lipinski definition) is 0. The molecule has 0 saturated carbocycles. The summed E-state index contributed by atoms with van der Waals surface area (Å²) in [5, 5.41) is 0. The molecule has 1 atom stereocenters. The lowest BCUT2D eigenvalue weighted by atomic mass is 10.0. The highest BCUT2D eigenvalue weighted by Gasteiger charge is 2.19. The Bertz CT molecular complexity index is 1700. The summed E-state index contributed by atoms with van der Waals surface area (Å²) in [6, 6.07) is 0. The summed E-state index contributed by atoms with van der Waals surface area (Å²) < 4.78 is 16.8. The van der Waals surface area contributed by atoms with Crippen molar-refractivity contribution in [3.8, 4) is 0 Å². The van der Waals surface area contributed by atoms with Gasteiger partial charge < -0.3 is 14.2 Å². The van der Waals surface area contributed by atoms with Gasteiger partial charge in [-0.3, -0.25) is 14.4 Å². The van der Waals surface area contributed by atoms with Crippen LogP contribution in [0.5, 0.6) is 0 Å². The maximum Gasteiger partial charge on any atom is 0.309 e. The van der Waals surface area contributed by atoms with Crippen LogP contribution in [-0.4, -0.2) is 37.2 Å². The van der Waals surface area contributed by atoms with Crippen LogP contribution in [0, 0.1) is 0 Å². The third kappa shape index (κ3) is 68.5. The van der Waals surface area contributed by atoms with E-state index in [0.29, 0.717) is 12.8 Å². The van der Waals surface area contributed by atoms with Gasteiger partial charge in [0.2, 0.25) is 0 Å². The average Bonchev–Trinajstić information content (AvgIpc) is 3.49. The fourth-order valence-corrected chi connectivity index (χ4v) is 9.80. The standard InChI is InChI=1S/C77H130O6/c1-4-7-10-13-16-19-22-25-28-30-31-32-33-34-35-36-37-38-39-40-41-42-43-44-45-47-49-52-55-58-61-64-67-70-76(79)82-73-74(72-81-75(78)69-66-63-60-57-54-51-48-27-24-21-18-15-12-9-6-3)83-77(80)71-68-65-62-59-56-53-50-46-29-26-23-20-17-14-11-8-5-2/h8-9,11-12,17-18,20-22,25-27,29-31,48,54,57,63,66,74H,4-7,10,13-16,19,23-24,28,32-47,49-53,55-56,58-62,64-65,67-73H2,1-3H3/b11-8-,12-9-,20-17-,21-18-,25-22-,29-26-,31-30-,48-27-,57-54-,66-63-. The van der Waals surface area contributed by atoms with Crippen molar-refractivity contribution in [3.63, 3.8) is 0 Å². The number of carbonyl (C=O) groups is 3. The van der Waals surface area contributed by atoms with Crippen LogP contribution < -0.4 is 0 Å². The van der Waals surface area contributed by atoms with Gasteiger partial charge in [0.1, 0.15) is 13.2 Å². The van der Waals surface area contributed by atoms with E-state index >= 15 is 0 Å². The Balaban J connectivity index is 4.24. The molecule has 0 heterocycles. The molecule has 0 rings (SSSR count). The average molecular weight is 1150 g/mol. The van der Waals surface area contributed by atoms with E-state index in [4.69, 9.17) is 14.2 Å². The first-order valence-electron chi connectivity index (χ1n) is 35.0. The van der Waals surface area contributed by atoms with Gasteiger partial charge >= 0.3 is 17.9 Å². The van der Waals surface area contributed by atoms with Crippen molar-refractivity contribution >= 4 is 17.9 Å². The SMILES string of the molecule is CC/C=C\C/C=C\C/C=C\C/C=C\C/C=C\CC(=O)OCC(COC(=O)CCCCCCCCCCCCCCCCCCCCCCC/C=C\C/C=C\CCCCCCC)OC(=O)CCCCCCCCC/C=C\C/C=C\C/C=C\CC. The second-order valence-corrected chi connectivity index (χ2v) is 23.0. The summed E-state index contributed by atoms with van der Waals surface area (Å²) in [7, 11) is 0. The van der Waals surface area contributed by atoms with Crippen LogP contribution >= 0.6 is 0 Å². The number of unbranched alkanes of at least 4 members (excludes halogenated alkanes) is 33. The van der Waals surface area contributed by atoms with Crippen molar-refractivity contribution in [3.05, 3.63) is 122 Å². The normalized spacial score (nSPS) is 12.9. The van der Waals surface area contributed by atoms with Crippen molar-refractivity contribution in [2.45, 2.75) is 335 Å². The number of hydrogen-bond acceptors (Lipinski definition) is 6. The zero-order valence-electron chi connectivity index (χ0n) is 54.4. The Morgan fingerprint density at radius 1 is 0.265 bits per heavy atom. The van der Waals surface area contributed by atoms with E-state index in [9.17, 15) is 14.4 Å². The van der Waals surface area contributed by atoms with Crippen LogP contribution in [0.1, 0.15) is 329 Å². The largest absolute Gasteiger partial charge is 0.462 e. The van der Waals surface area contributed by atoms with Gasteiger partial charge in [-0.05, 0) is 109 Å². The molecule has 0 fully saturated rings. The third-order valence-corrected chi connectivity index (χ3v) is 15.0. The molecule has 0 aliphatic rings. The molecule has 0 N–H and O–H groups in total. The van der Waals surface area contributed by atoms with E-state index in [1.807, 2.05) is 6.08 Å². The molecule has 0 aliphatic heterocycles. The highest BCUT2D eigenvalue weighted by molar-refractivity contribution is 5.72. The third-order valence-electron chi connectivity index (χ3n) is 15.0. The van der Waals surface area contributed by atoms with Gasteiger partial charge in [0, 0.05) is 12.8 Å². The molecule has 0 bridgehead atoms. The smallest absolute Gasteiger partial charge is 0.309 e. The molecule has 0 aromatic heterocycles. The predicted molar refractivity (Wildman–Crippen MR) is 362 cm³/mol. The van der Waals surface area contributed by atoms with Gasteiger partial charge in [0.25, 0.3) is 0 Å². The summed E-state index contributed by atoms with van der Waals surface area (Å²) in [5.41, 5.74) is 0. The molecule has 0 aliphatic carbocycles. The van der Waals surface area contributed by atoms with Crippen molar-refractivity contribution in [1.82, 2.24) is 0 Å². The van der Waals surface area contributed by atoms with Gasteiger partial charge in [0.15, 0.2) is 6.10 Å². The molecule has 474 valence electrons. The fourth-order valence-electron chi connectivity index (χ4n) is 9.80. The molecule has 0 amide bonds. The zero-order chi connectivity index (χ0) is 59.9. The van der Waals surface area contributed by atoms with Gasteiger partial charge in [0.05, 0.1) is 6.42 Å². The van der Waals surface area contributed by atoms with Crippen LogP contribution in [0.3, 0.4) is 0 Å². The van der Waals surface area contributed by atoms with Gasteiger partial charge in [-0.1, -0.05) is 322 Å². The zero-order valence-corrected chi connectivity index (χ0v) is 54.4. The Kier molecular flexibility index (Phi) is 66.7. The molecule has 0 aromatic rings. The minimum absolute atomic E-state index is 0.112. The van der Waals surface area contributed by atoms with Crippen LogP contribution in [0.2, 0.25) is 0 Å². The van der Waals surface area contributed by atoms with E-state index in [-0.39, 0.29) is 31.6 Å². The number of esters is 3. The minimum Gasteiger partial charge on any atom is -0.462 e. The van der Waals surface area contributed by atoms with E-state index < -0.39 is 12.1 Å².